The van der Waals surface area contributed by atoms with Gasteiger partial charge in [0, 0.05) is 58.7 Å². The van der Waals surface area contributed by atoms with E-state index in [1.165, 1.54) is 31.2 Å². The molecule has 7 rings (SSSR count). The number of H-pyrrole nitrogens is 2. The van der Waals surface area contributed by atoms with E-state index >= 15 is 0 Å². The van der Waals surface area contributed by atoms with Crippen molar-refractivity contribution in [2.75, 3.05) is 6.54 Å². The van der Waals surface area contributed by atoms with E-state index in [2.05, 4.69) is 76.4 Å². The first-order valence-corrected chi connectivity index (χ1v) is 13.3. The van der Waals surface area contributed by atoms with Gasteiger partial charge in [0.2, 0.25) is 0 Å². The molecule has 0 atom stereocenters. The number of hydrogen-bond acceptors (Lipinski definition) is 5. The molecule has 3 N–H and O–H groups in total. The number of hydrogen-bond donors (Lipinski definition) is 3. The van der Waals surface area contributed by atoms with Crippen molar-refractivity contribution >= 4 is 21.9 Å². The zero-order chi connectivity index (χ0) is 25.5. The van der Waals surface area contributed by atoms with E-state index in [1.54, 1.807) is 0 Å². The van der Waals surface area contributed by atoms with Crippen molar-refractivity contribution in [3.05, 3.63) is 78.8 Å². The highest BCUT2D eigenvalue weighted by molar-refractivity contribution is 5.98. The molecule has 0 bridgehead atoms. The molecule has 190 valence electrons. The van der Waals surface area contributed by atoms with E-state index in [0.29, 0.717) is 5.65 Å². The van der Waals surface area contributed by atoms with Gasteiger partial charge in [-0.15, -0.1) is 0 Å². The van der Waals surface area contributed by atoms with Crippen LogP contribution < -0.4 is 5.32 Å². The molecule has 6 aromatic rings. The first kappa shape index (κ1) is 22.9. The molecule has 0 spiro atoms. The fraction of sp³-hybridized carbons (Fsp3) is 0.267. The molecule has 38 heavy (non-hydrogen) atoms. The van der Waals surface area contributed by atoms with Crippen molar-refractivity contribution in [1.82, 2.24) is 40.0 Å². The highest BCUT2D eigenvalue weighted by Gasteiger charge is 2.16. The number of aromatic amines is 2. The molecule has 1 fully saturated rings. The van der Waals surface area contributed by atoms with E-state index in [-0.39, 0.29) is 0 Å². The number of nitrogens with one attached hydrogen (secondary N) is 3. The van der Waals surface area contributed by atoms with E-state index in [4.69, 9.17) is 0 Å². The van der Waals surface area contributed by atoms with Crippen LogP contribution in [0, 0.1) is 12.8 Å². The smallest absolute Gasteiger partial charge is 0.181 e. The third-order valence-corrected chi connectivity index (χ3v) is 7.68. The number of pyridine rings is 2. The van der Waals surface area contributed by atoms with Gasteiger partial charge in [-0.25, -0.2) is 9.97 Å². The molecule has 1 aromatic carbocycles. The van der Waals surface area contributed by atoms with Crippen LogP contribution in [-0.2, 0) is 6.54 Å². The summed E-state index contributed by atoms with van der Waals surface area (Å²) in [4.78, 5) is 17.1. The van der Waals surface area contributed by atoms with Crippen molar-refractivity contribution in [1.29, 1.82) is 0 Å². The first-order valence-electron chi connectivity index (χ1n) is 13.3. The quantitative estimate of drug-likeness (QED) is 0.251. The van der Waals surface area contributed by atoms with Crippen molar-refractivity contribution in [3.8, 4) is 28.2 Å². The molecule has 8 nitrogen and oxygen atoms in total. The monoisotopic (exact) mass is 502 g/mol. The van der Waals surface area contributed by atoms with Gasteiger partial charge < -0.3 is 14.9 Å². The summed E-state index contributed by atoms with van der Waals surface area (Å²) in [7, 11) is 0. The number of imidazole rings is 1. The van der Waals surface area contributed by atoms with Crippen LogP contribution in [-0.4, -0.2) is 41.2 Å². The minimum absolute atomic E-state index is 0.690. The van der Waals surface area contributed by atoms with Gasteiger partial charge >= 0.3 is 0 Å². The SMILES string of the molecule is Cc1cn(-c2cccc3[nH]c(-c4[nH]nc5ncc(-c6cncc(CNCC7CCCC7)c6)cc45)cc23)cn1. The Morgan fingerprint density at radius 2 is 1.89 bits per heavy atom. The number of nitrogens with zero attached hydrogens (tertiary/aromatic N) is 5. The van der Waals surface area contributed by atoms with Gasteiger partial charge in [-0.3, -0.25) is 10.1 Å². The van der Waals surface area contributed by atoms with E-state index in [1.807, 2.05) is 38.0 Å². The van der Waals surface area contributed by atoms with Crippen LogP contribution in [0.4, 0.5) is 0 Å². The van der Waals surface area contributed by atoms with Crippen molar-refractivity contribution in [2.24, 2.45) is 5.92 Å². The van der Waals surface area contributed by atoms with Crippen molar-refractivity contribution in [3.63, 3.8) is 0 Å². The molecule has 0 saturated heterocycles. The van der Waals surface area contributed by atoms with Gasteiger partial charge in [-0.05, 0) is 68.1 Å². The fourth-order valence-corrected chi connectivity index (χ4v) is 5.69. The summed E-state index contributed by atoms with van der Waals surface area (Å²) in [6, 6.07) is 12.8. The van der Waals surface area contributed by atoms with Crippen LogP contribution in [0.2, 0.25) is 0 Å². The topological polar surface area (TPSA) is 100 Å². The highest BCUT2D eigenvalue weighted by atomic mass is 15.2. The lowest BCUT2D eigenvalue weighted by molar-refractivity contribution is 0.489. The Bertz CT molecular complexity index is 1730. The summed E-state index contributed by atoms with van der Waals surface area (Å²) in [6.45, 7) is 3.92. The summed E-state index contributed by atoms with van der Waals surface area (Å²) in [5.74, 6) is 0.821. The average Bonchev–Trinajstić information content (AvgIpc) is 3.74. The van der Waals surface area contributed by atoms with Crippen molar-refractivity contribution < 1.29 is 0 Å². The minimum Gasteiger partial charge on any atom is -0.353 e. The predicted molar refractivity (Wildman–Crippen MR) is 150 cm³/mol. The molecular weight excluding hydrogens is 472 g/mol. The lowest BCUT2D eigenvalue weighted by Crippen LogP contribution is -2.20. The Hall–Kier alpha value is -4.30. The Morgan fingerprint density at radius 3 is 2.76 bits per heavy atom. The molecule has 1 aliphatic carbocycles. The van der Waals surface area contributed by atoms with E-state index in [0.717, 1.165) is 69.2 Å². The Kier molecular flexibility index (Phi) is 5.74. The molecule has 8 heteroatoms. The maximum Gasteiger partial charge on any atom is 0.181 e. The van der Waals surface area contributed by atoms with Crippen LogP contribution >= 0.6 is 0 Å². The molecular formula is C30H30N8. The number of rotatable bonds is 7. The molecule has 5 aromatic heterocycles. The summed E-state index contributed by atoms with van der Waals surface area (Å²) >= 11 is 0. The molecule has 0 radical (unpaired) electrons. The van der Waals surface area contributed by atoms with Gasteiger partial charge in [0.15, 0.2) is 5.65 Å². The second-order valence-corrected chi connectivity index (χ2v) is 10.4. The van der Waals surface area contributed by atoms with Crippen LogP contribution in [0.5, 0.6) is 0 Å². The molecule has 0 unspecified atom stereocenters. The predicted octanol–water partition coefficient (Wildman–Crippen LogP) is 5.94. The van der Waals surface area contributed by atoms with Gasteiger partial charge in [0.05, 0.1) is 29.1 Å². The van der Waals surface area contributed by atoms with Crippen LogP contribution in [0.15, 0.2) is 67.5 Å². The third kappa shape index (κ3) is 4.26. The Labute approximate surface area is 220 Å². The number of benzene rings is 1. The molecule has 1 saturated carbocycles. The number of aromatic nitrogens is 7. The summed E-state index contributed by atoms with van der Waals surface area (Å²) in [5, 5.41) is 13.4. The minimum atomic E-state index is 0.690. The molecule has 0 amide bonds. The number of aryl methyl sites for hydroxylation is 1. The second kappa shape index (κ2) is 9.54. The normalized spacial score (nSPS) is 14.2. The van der Waals surface area contributed by atoms with Gasteiger partial charge in [0.25, 0.3) is 0 Å². The summed E-state index contributed by atoms with van der Waals surface area (Å²) < 4.78 is 2.06. The largest absolute Gasteiger partial charge is 0.353 e. The van der Waals surface area contributed by atoms with Crippen molar-refractivity contribution in [2.45, 2.75) is 39.2 Å². The van der Waals surface area contributed by atoms with Gasteiger partial charge in [-0.2, -0.15) is 5.10 Å². The maximum absolute atomic E-state index is 4.66. The molecule has 1 aliphatic rings. The second-order valence-electron chi connectivity index (χ2n) is 10.4. The van der Waals surface area contributed by atoms with Gasteiger partial charge in [0.1, 0.15) is 0 Å². The average molecular weight is 503 g/mol. The Balaban J connectivity index is 1.20. The van der Waals surface area contributed by atoms with Crippen LogP contribution in [0.3, 0.4) is 0 Å². The standard InChI is InChI=1S/C30H30N8/c1-19-17-38(18-34-19)28-8-4-7-26-24(28)11-27(35-26)29-25-10-23(16-33-30(25)37-36-29)22-9-21(14-32-15-22)13-31-12-20-5-2-3-6-20/h4,7-11,14-18,20,31,35H,2-3,5-6,12-13H2,1H3,(H,33,36,37). The fourth-order valence-electron chi connectivity index (χ4n) is 5.69. The maximum atomic E-state index is 4.66. The van der Waals surface area contributed by atoms with E-state index < -0.39 is 0 Å². The molecule has 0 aliphatic heterocycles. The summed E-state index contributed by atoms with van der Waals surface area (Å²) in [5.41, 5.74) is 8.96. The zero-order valence-electron chi connectivity index (χ0n) is 21.4. The zero-order valence-corrected chi connectivity index (χ0v) is 21.4. The highest BCUT2D eigenvalue weighted by Crippen LogP contribution is 2.33. The lowest BCUT2D eigenvalue weighted by Gasteiger charge is -2.11. The number of fused-ring (bicyclic) bond motifs is 2. The Morgan fingerprint density at radius 1 is 1.00 bits per heavy atom. The first-order chi connectivity index (χ1) is 18.7. The summed E-state index contributed by atoms with van der Waals surface area (Å²) in [6.07, 6.45) is 15.1. The molecule has 5 heterocycles. The van der Waals surface area contributed by atoms with E-state index in [9.17, 15) is 0 Å². The lowest BCUT2D eigenvalue weighted by atomic mass is 10.1. The third-order valence-electron chi connectivity index (χ3n) is 7.68. The van der Waals surface area contributed by atoms with Crippen LogP contribution in [0.1, 0.15) is 36.9 Å². The van der Waals surface area contributed by atoms with Gasteiger partial charge in [-0.1, -0.05) is 18.9 Å². The van der Waals surface area contributed by atoms with Crippen LogP contribution in [0.25, 0.3) is 50.1 Å².